The lowest BCUT2D eigenvalue weighted by Gasteiger charge is -2.05. The highest BCUT2D eigenvalue weighted by Crippen LogP contribution is 2.26. The van der Waals surface area contributed by atoms with Crippen molar-refractivity contribution in [2.75, 3.05) is 0 Å². The van der Waals surface area contributed by atoms with E-state index in [1.54, 1.807) is 0 Å². The lowest BCUT2D eigenvalue weighted by molar-refractivity contribution is 0.267. The summed E-state index contributed by atoms with van der Waals surface area (Å²) in [6.45, 7) is 0.369. The van der Waals surface area contributed by atoms with Crippen molar-refractivity contribution in [3.63, 3.8) is 0 Å². The number of para-hydroxylation sites is 2. The van der Waals surface area contributed by atoms with Crippen molar-refractivity contribution < 1.29 is 9.15 Å². The molecule has 100 valence electrons. The van der Waals surface area contributed by atoms with E-state index < -0.39 is 0 Å². The molecule has 0 radical (unpaired) electrons. The molecular formula is C17H15NO2. The van der Waals surface area contributed by atoms with Gasteiger partial charge in [-0.25, -0.2) is 4.98 Å². The van der Waals surface area contributed by atoms with Gasteiger partial charge in [0.05, 0.1) is 0 Å². The van der Waals surface area contributed by atoms with E-state index in [1.165, 1.54) is 24.0 Å². The molecular weight excluding hydrogens is 250 g/mol. The lowest BCUT2D eigenvalue weighted by Crippen LogP contribution is -1.96. The van der Waals surface area contributed by atoms with E-state index in [-0.39, 0.29) is 0 Å². The van der Waals surface area contributed by atoms with E-state index in [9.17, 15) is 0 Å². The predicted octanol–water partition coefficient (Wildman–Crippen LogP) is 3.90. The SMILES string of the molecule is c1ccc2oc(COc3ccc4c(c3)CCC4)nc2c1. The fraction of sp³-hybridized carbons (Fsp3) is 0.235. The van der Waals surface area contributed by atoms with E-state index in [1.807, 2.05) is 30.3 Å². The molecule has 0 amide bonds. The van der Waals surface area contributed by atoms with Crippen molar-refractivity contribution >= 4 is 11.1 Å². The molecule has 2 aromatic carbocycles. The summed E-state index contributed by atoms with van der Waals surface area (Å²) in [5.41, 5.74) is 4.55. The van der Waals surface area contributed by atoms with Gasteiger partial charge in [0.1, 0.15) is 11.3 Å². The number of ether oxygens (including phenoxy) is 1. The van der Waals surface area contributed by atoms with Crippen LogP contribution in [0.3, 0.4) is 0 Å². The molecule has 0 aliphatic heterocycles. The zero-order valence-corrected chi connectivity index (χ0v) is 11.1. The molecule has 0 atom stereocenters. The van der Waals surface area contributed by atoms with Gasteiger partial charge in [0.2, 0.25) is 5.89 Å². The highest BCUT2D eigenvalue weighted by atomic mass is 16.5. The average molecular weight is 265 g/mol. The summed E-state index contributed by atoms with van der Waals surface area (Å²) in [5.74, 6) is 1.51. The summed E-state index contributed by atoms with van der Waals surface area (Å²) >= 11 is 0. The molecule has 1 heterocycles. The first-order valence-electron chi connectivity index (χ1n) is 6.97. The summed E-state index contributed by atoms with van der Waals surface area (Å²) in [5, 5.41) is 0. The first kappa shape index (κ1) is 11.5. The van der Waals surface area contributed by atoms with Gasteiger partial charge in [0, 0.05) is 0 Å². The summed E-state index contributed by atoms with van der Waals surface area (Å²) in [7, 11) is 0. The van der Waals surface area contributed by atoms with E-state index in [2.05, 4.69) is 17.1 Å². The Morgan fingerprint density at radius 1 is 1.05 bits per heavy atom. The number of fused-ring (bicyclic) bond motifs is 2. The average Bonchev–Trinajstić information content (AvgIpc) is 3.10. The number of benzene rings is 2. The maximum Gasteiger partial charge on any atom is 0.233 e. The number of oxazole rings is 1. The molecule has 3 nitrogen and oxygen atoms in total. The third-order valence-corrected chi connectivity index (χ3v) is 3.77. The van der Waals surface area contributed by atoms with Gasteiger partial charge in [-0.1, -0.05) is 18.2 Å². The van der Waals surface area contributed by atoms with Crippen LogP contribution in [0.15, 0.2) is 46.9 Å². The Morgan fingerprint density at radius 2 is 1.95 bits per heavy atom. The fourth-order valence-corrected chi connectivity index (χ4v) is 2.76. The second kappa shape index (κ2) is 4.67. The minimum Gasteiger partial charge on any atom is -0.484 e. The van der Waals surface area contributed by atoms with Crippen molar-refractivity contribution in [2.45, 2.75) is 25.9 Å². The van der Waals surface area contributed by atoms with Crippen molar-refractivity contribution in [2.24, 2.45) is 0 Å². The Labute approximate surface area is 117 Å². The van der Waals surface area contributed by atoms with Crippen molar-refractivity contribution in [3.05, 3.63) is 59.5 Å². The number of hydrogen-bond acceptors (Lipinski definition) is 3. The molecule has 0 saturated heterocycles. The van der Waals surface area contributed by atoms with Gasteiger partial charge in [-0.3, -0.25) is 0 Å². The highest BCUT2D eigenvalue weighted by Gasteiger charge is 2.12. The number of nitrogens with zero attached hydrogens (tertiary/aromatic N) is 1. The van der Waals surface area contributed by atoms with Crippen LogP contribution in [-0.2, 0) is 19.4 Å². The quantitative estimate of drug-likeness (QED) is 0.720. The zero-order valence-electron chi connectivity index (χ0n) is 11.1. The topological polar surface area (TPSA) is 35.3 Å². The minimum absolute atomic E-state index is 0.369. The van der Waals surface area contributed by atoms with Crippen LogP contribution >= 0.6 is 0 Å². The van der Waals surface area contributed by atoms with Crippen LogP contribution in [0.4, 0.5) is 0 Å². The maximum atomic E-state index is 5.79. The Morgan fingerprint density at radius 3 is 2.90 bits per heavy atom. The molecule has 4 rings (SSSR count). The van der Waals surface area contributed by atoms with Gasteiger partial charge in [-0.15, -0.1) is 0 Å². The zero-order chi connectivity index (χ0) is 13.4. The summed E-state index contributed by atoms with van der Waals surface area (Å²) in [6, 6.07) is 14.1. The van der Waals surface area contributed by atoms with Crippen LogP contribution in [0, 0.1) is 0 Å². The molecule has 0 unspecified atom stereocenters. The van der Waals surface area contributed by atoms with Gasteiger partial charge in [-0.05, 0) is 54.7 Å². The van der Waals surface area contributed by atoms with Crippen LogP contribution < -0.4 is 4.74 Å². The molecule has 1 aliphatic carbocycles. The Kier molecular flexibility index (Phi) is 2.69. The second-order valence-electron chi connectivity index (χ2n) is 5.15. The smallest absolute Gasteiger partial charge is 0.233 e. The first-order chi connectivity index (χ1) is 9.88. The molecule has 0 N–H and O–H groups in total. The molecule has 1 aliphatic rings. The Hall–Kier alpha value is -2.29. The second-order valence-corrected chi connectivity index (χ2v) is 5.15. The number of aromatic nitrogens is 1. The summed E-state index contributed by atoms with van der Waals surface area (Å²) in [4.78, 5) is 4.41. The van der Waals surface area contributed by atoms with E-state index in [0.717, 1.165) is 23.3 Å². The van der Waals surface area contributed by atoms with Gasteiger partial charge in [0.25, 0.3) is 0 Å². The summed E-state index contributed by atoms with van der Waals surface area (Å²) in [6.07, 6.45) is 3.61. The van der Waals surface area contributed by atoms with Gasteiger partial charge < -0.3 is 9.15 Å². The molecule has 0 fully saturated rings. The van der Waals surface area contributed by atoms with Crippen LogP contribution in [0.25, 0.3) is 11.1 Å². The maximum absolute atomic E-state index is 5.79. The van der Waals surface area contributed by atoms with Crippen molar-refractivity contribution in [3.8, 4) is 5.75 Å². The van der Waals surface area contributed by atoms with Crippen LogP contribution in [0.5, 0.6) is 5.75 Å². The molecule has 1 aromatic heterocycles. The Balaban J connectivity index is 1.52. The van der Waals surface area contributed by atoms with Gasteiger partial charge in [-0.2, -0.15) is 0 Å². The molecule has 0 saturated carbocycles. The lowest BCUT2D eigenvalue weighted by atomic mass is 10.1. The number of hydrogen-bond donors (Lipinski definition) is 0. The number of aryl methyl sites for hydroxylation is 2. The fourth-order valence-electron chi connectivity index (χ4n) is 2.76. The molecule has 20 heavy (non-hydrogen) atoms. The largest absolute Gasteiger partial charge is 0.484 e. The van der Waals surface area contributed by atoms with E-state index in [0.29, 0.717) is 12.5 Å². The number of rotatable bonds is 3. The van der Waals surface area contributed by atoms with Crippen molar-refractivity contribution in [1.82, 2.24) is 4.98 Å². The molecule has 3 heteroatoms. The van der Waals surface area contributed by atoms with E-state index in [4.69, 9.17) is 9.15 Å². The van der Waals surface area contributed by atoms with Crippen molar-refractivity contribution in [1.29, 1.82) is 0 Å². The predicted molar refractivity (Wildman–Crippen MR) is 76.8 cm³/mol. The Bertz CT molecular complexity index is 728. The monoisotopic (exact) mass is 265 g/mol. The normalized spacial score (nSPS) is 13.6. The van der Waals surface area contributed by atoms with Crippen LogP contribution in [-0.4, -0.2) is 4.98 Å². The van der Waals surface area contributed by atoms with Crippen LogP contribution in [0.2, 0.25) is 0 Å². The molecule has 0 spiro atoms. The highest BCUT2D eigenvalue weighted by molar-refractivity contribution is 5.72. The summed E-state index contributed by atoms with van der Waals surface area (Å²) < 4.78 is 11.4. The third kappa shape index (κ3) is 2.05. The third-order valence-electron chi connectivity index (χ3n) is 3.77. The van der Waals surface area contributed by atoms with Gasteiger partial charge in [0.15, 0.2) is 12.2 Å². The van der Waals surface area contributed by atoms with Crippen LogP contribution in [0.1, 0.15) is 23.4 Å². The molecule has 0 bridgehead atoms. The van der Waals surface area contributed by atoms with E-state index >= 15 is 0 Å². The van der Waals surface area contributed by atoms with Gasteiger partial charge >= 0.3 is 0 Å². The minimum atomic E-state index is 0.369. The molecule has 3 aromatic rings. The standard InChI is InChI=1S/C17H15NO2/c1-2-7-16-15(6-1)18-17(20-16)11-19-14-9-8-12-4-3-5-13(12)10-14/h1-2,6-10H,3-5,11H2. The first-order valence-corrected chi connectivity index (χ1v) is 6.97.